The summed E-state index contributed by atoms with van der Waals surface area (Å²) >= 11 is 2.30. The van der Waals surface area contributed by atoms with Crippen molar-refractivity contribution in [1.29, 1.82) is 0 Å². The molecule has 0 heterocycles. The maximum absolute atomic E-state index is 11.7. The first kappa shape index (κ1) is 15.3. The van der Waals surface area contributed by atoms with Gasteiger partial charge in [0.25, 0.3) is 0 Å². The topological polar surface area (TPSA) is 46.2 Å². The van der Waals surface area contributed by atoms with Crippen LogP contribution in [0.5, 0.6) is 0 Å². The van der Waals surface area contributed by atoms with Gasteiger partial charge in [-0.15, -0.1) is 0 Å². The molecule has 1 saturated carbocycles. The Hall–Kier alpha value is -0.140. The van der Waals surface area contributed by atoms with Crippen molar-refractivity contribution in [1.82, 2.24) is 4.72 Å². The van der Waals surface area contributed by atoms with Crippen molar-refractivity contribution in [2.75, 3.05) is 5.75 Å². The maximum atomic E-state index is 11.7. The monoisotopic (exact) mass is 393 g/mol. The van der Waals surface area contributed by atoms with E-state index in [4.69, 9.17) is 0 Å². The first-order chi connectivity index (χ1) is 9.00. The Morgan fingerprint density at radius 2 is 1.95 bits per heavy atom. The van der Waals surface area contributed by atoms with Gasteiger partial charge in [-0.2, -0.15) is 0 Å². The molecule has 0 amide bonds. The van der Waals surface area contributed by atoms with E-state index in [1.807, 2.05) is 0 Å². The molecule has 0 saturated heterocycles. The molecule has 106 valence electrons. The summed E-state index contributed by atoms with van der Waals surface area (Å²) in [5.41, 5.74) is 1.30. The molecule has 3 nitrogen and oxygen atoms in total. The molecule has 0 unspecified atom stereocenters. The lowest BCUT2D eigenvalue weighted by atomic mass is 9.95. The fraction of sp³-hybridized carbons (Fsp3) is 0.571. The van der Waals surface area contributed by atoms with Crippen LogP contribution in [0, 0.1) is 9.49 Å². The third kappa shape index (κ3) is 4.43. The van der Waals surface area contributed by atoms with Gasteiger partial charge >= 0.3 is 0 Å². The van der Waals surface area contributed by atoms with Gasteiger partial charge in [-0.05, 0) is 72.4 Å². The summed E-state index contributed by atoms with van der Waals surface area (Å²) in [4.78, 5) is 0. The van der Waals surface area contributed by atoms with Crippen LogP contribution >= 0.6 is 22.6 Å². The van der Waals surface area contributed by atoms with Gasteiger partial charge in [-0.3, -0.25) is 0 Å². The molecule has 0 spiro atoms. The third-order valence-corrected chi connectivity index (χ3v) is 5.92. The fourth-order valence-electron chi connectivity index (χ4n) is 2.67. The molecule has 0 bridgehead atoms. The molecule has 1 fully saturated rings. The Morgan fingerprint density at radius 3 is 2.58 bits per heavy atom. The van der Waals surface area contributed by atoms with E-state index in [1.165, 1.54) is 9.13 Å². The Bertz CT molecular complexity index is 513. The molecule has 2 rings (SSSR count). The molecule has 1 aliphatic rings. The number of rotatable bonds is 5. The summed E-state index contributed by atoms with van der Waals surface area (Å²) in [5, 5.41) is 0. The van der Waals surface area contributed by atoms with E-state index < -0.39 is 10.0 Å². The molecule has 5 heteroatoms. The highest BCUT2D eigenvalue weighted by molar-refractivity contribution is 14.1. The van der Waals surface area contributed by atoms with E-state index in [-0.39, 0.29) is 11.8 Å². The minimum Gasteiger partial charge on any atom is -0.212 e. The predicted octanol–water partition coefficient (Wildman–Crippen LogP) is 2.94. The van der Waals surface area contributed by atoms with Gasteiger partial charge in [0.15, 0.2) is 0 Å². The minimum absolute atomic E-state index is 0.115. The first-order valence-electron chi connectivity index (χ1n) is 6.74. The van der Waals surface area contributed by atoms with Crippen LogP contribution in [0.3, 0.4) is 0 Å². The van der Waals surface area contributed by atoms with E-state index in [9.17, 15) is 8.42 Å². The number of halogens is 1. The summed E-state index contributed by atoms with van der Waals surface area (Å²) in [6.07, 6.45) is 4.16. The summed E-state index contributed by atoms with van der Waals surface area (Å²) in [5.74, 6) is 0.598. The number of nitrogens with one attached hydrogen (secondary N) is 1. The minimum atomic E-state index is -3.09. The smallest absolute Gasteiger partial charge is 0.211 e. The van der Waals surface area contributed by atoms with Crippen LogP contribution in [0.15, 0.2) is 24.3 Å². The second-order valence-corrected chi connectivity index (χ2v) is 8.44. The Kier molecular flexibility index (Phi) is 5.25. The molecule has 0 radical (unpaired) electrons. The number of hydrogen-bond donors (Lipinski definition) is 1. The van der Waals surface area contributed by atoms with Crippen LogP contribution in [0.25, 0.3) is 0 Å². The molecule has 1 N–H and O–H groups in total. The van der Waals surface area contributed by atoms with Gasteiger partial charge in [-0.1, -0.05) is 18.6 Å². The average Bonchev–Trinajstić information content (AvgIpc) is 2.79. The summed E-state index contributed by atoms with van der Waals surface area (Å²) in [6.45, 7) is 1.69. The highest BCUT2D eigenvalue weighted by atomic mass is 127. The summed E-state index contributed by atoms with van der Waals surface area (Å²) in [7, 11) is -3.09. The fourth-order valence-corrected chi connectivity index (χ4v) is 3.97. The van der Waals surface area contributed by atoms with Gasteiger partial charge in [-0.25, -0.2) is 13.1 Å². The van der Waals surface area contributed by atoms with Crippen LogP contribution < -0.4 is 4.72 Å². The maximum Gasteiger partial charge on any atom is 0.211 e. The van der Waals surface area contributed by atoms with Crippen molar-refractivity contribution in [3.05, 3.63) is 33.4 Å². The van der Waals surface area contributed by atoms with Crippen molar-refractivity contribution < 1.29 is 8.42 Å². The third-order valence-electron chi connectivity index (χ3n) is 3.78. The quantitative estimate of drug-likeness (QED) is 0.782. The van der Waals surface area contributed by atoms with Gasteiger partial charge in [0, 0.05) is 9.61 Å². The van der Waals surface area contributed by atoms with Gasteiger partial charge < -0.3 is 0 Å². The predicted molar refractivity (Wildman–Crippen MR) is 86.6 cm³/mol. The van der Waals surface area contributed by atoms with E-state index in [0.29, 0.717) is 5.92 Å². The van der Waals surface area contributed by atoms with Crippen molar-refractivity contribution in [2.24, 2.45) is 5.92 Å². The standard InChI is InChI=1S/C14H20INO2S/c1-2-19(17,18)16-14-5-3-4-12(14)10-11-6-8-13(15)9-7-11/h6-9,12,14,16H,2-5,10H2,1H3/t12-,14-/m1/s1. The molecule has 1 aliphatic carbocycles. The molecular formula is C14H20INO2S. The highest BCUT2D eigenvalue weighted by Crippen LogP contribution is 2.29. The van der Waals surface area contributed by atoms with Crippen molar-refractivity contribution in [2.45, 2.75) is 38.6 Å². The first-order valence-corrected chi connectivity index (χ1v) is 9.47. The van der Waals surface area contributed by atoms with E-state index in [0.717, 1.165) is 25.7 Å². The van der Waals surface area contributed by atoms with E-state index >= 15 is 0 Å². The van der Waals surface area contributed by atoms with E-state index in [1.54, 1.807) is 6.92 Å². The number of benzene rings is 1. The lowest BCUT2D eigenvalue weighted by molar-refractivity contribution is 0.442. The normalized spacial score (nSPS) is 23.7. The van der Waals surface area contributed by atoms with Gasteiger partial charge in [0.2, 0.25) is 10.0 Å². The zero-order chi connectivity index (χ0) is 13.9. The molecule has 0 aromatic heterocycles. The second-order valence-electron chi connectivity index (χ2n) is 5.15. The Morgan fingerprint density at radius 1 is 1.26 bits per heavy atom. The van der Waals surface area contributed by atoms with Crippen molar-refractivity contribution in [3.8, 4) is 0 Å². The lowest BCUT2D eigenvalue weighted by Gasteiger charge is -2.20. The zero-order valence-electron chi connectivity index (χ0n) is 11.1. The SMILES string of the molecule is CCS(=O)(=O)N[C@@H]1CCC[C@@H]1Cc1ccc(I)cc1. The molecule has 1 aromatic rings. The van der Waals surface area contributed by atoms with Crippen molar-refractivity contribution >= 4 is 32.6 Å². The molecular weight excluding hydrogens is 373 g/mol. The zero-order valence-corrected chi connectivity index (χ0v) is 14.1. The largest absolute Gasteiger partial charge is 0.212 e. The molecule has 0 aliphatic heterocycles. The Labute approximate surface area is 129 Å². The number of sulfonamides is 1. The van der Waals surface area contributed by atoms with Crippen LogP contribution in [0.2, 0.25) is 0 Å². The number of hydrogen-bond acceptors (Lipinski definition) is 2. The van der Waals surface area contributed by atoms with Crippen LogP contribution in [0.4, 0.5) is 0 Å². The molecule has 1 aromatic carbocycles. The summed E-state index contributed by atoms with van der Waals surface area (Å²) in [6, 6.07) is 8.62. The summed E-state index contributed by atoms with van der Waals surface area (Å²) < 4.78 is 27.5. The Balaban J connectivity index is 2.01. The van der Waals surface area contributed by atoms with Crippen LogP contribution in [-0.2, 0) is 16.4 Å². The van der Waals surface area contributed by atoms with Gasteiger partial charge in [0.05, 0.1) is 5.75 Å². The van der Waals surface area contributed by atoms with Gasteiger partial charge in [0.1, 0.15) is 0 Å². The molecule has 2 atom stereocenters. The second kappa shape index (κ2) is 6.54. The van der Waals surface area contributed by atoms with Crippen LogP contribution in [0.1, 0.15) is 31.7 Å². The van der Waals surface area contributed by atoms with Crippen LogP contribution in [-0.4, -0.2) is 20.2 Å². The lowest BCUT2D eigenvalue weighted by Crippen LogP contribution is -2.38. The van der Waals surface area contributed by atoms with Crippen molar-refractivity contribution in [3.63, 3.8) is 0 Å². The highest BCUT2D eigenvalue weighted by Gasteiger charge is 2.30. The van der Waals surface area contributed by atoms with E-state index in [2.05, 4.69) is 51.6 Å². The molecule has 19 heavy (non-hydrogen) atoms. The average molecular weight is 393 g/mol.